The molecule has 0 aliphatic rings. The summed E-state index contributed by atoms with van der Waals surface area (Å²) < 4.78 is 6.73. The summed E-state index contributed by atoms with van der Waals surface area (Å²) in [4.78, 5) is 17.7. The zero-order valence-corrected chi connectivity index (χ0v) is 15.3. The first-order chi connectivity index (χ1) is 12.7. The van der Waals surface area contributed by atoms with E-state index in [2.05, 4.69) is 10.3 Å². The molecule has 0 unspecified atom stereocenters. The summed E-state index contributed by atoms with van der Waals surface area (Å²) in [6.45, 7) is 0.406. The number of hydrogen-bond donors (Lipinski definition) is 2. The number of carbonyl (C=O) groups excluding carboxylic acids is 1. The second-order valence-electron chi connectivity index (χ2n) is 5.54. The summed E-state index contributed by atoms with van der Waals surface area (Å²) in [6.07, 6.45) is 0. The minimum Gasteiger partial charge on any atom is -0.447 e. The van der Waals surface area contributed by atoms with Crippen molar-refractivity contribution >= 4 is 44.6 Å². The first kappa shape index (κ1) is 16.6. The average molecular weight is 381 g/mol. The molecule has 26 heavy (non-hydrogen) atoms. The van der Waals surface area contributed by atoms with Gasteiger partial charge in [0.05, 0.1) is 22.3 Å². The number of nitrogens with one attached hydrogen (secondary N) is 1. The average Bonchev–Trinajstić information content (AvgIpc) is 3.28. The van der Waals surface area contributed by atoms with E-state index in [-0.39, 0.29) is 11.7 Å². The maximum Gasteiger partial charge on any atom is 0.255 e. The van der Waals surface area contributed by atoms with Crippen LogP contribution in [0.4, 0.5) is 5.82 Å². The summed E-state index contributed by atoms with van der Waals surface area (Å²) >= 11 is 3.03. The highest BCUT2D eigenvalue weighted by Crippen LogP contribution is 2.29. The van der Waals surface area contributed by atoms with E-state index in [9.17, 15) is 4.79 Å². The van der Waals surface area contributed by atoms with Crippen molar-refractivity contribution in [3.05, 3.63) is 70.4 Å². The molecule has 4 rings (SSSR count). The second-order valence-corrected chi connectivity index (χ2v) is 7.62. The Bertz CT molecular complexity index is 1060. The van der Waals surface area contributed by atoms with Gasteiger partial charge in [0.25, 0.3) is 5.91 Å². The fourth-order valence-electron chi connectivity index (χ4n) is 2.47. The maximum atomic E-state index is 12.4. The van der Waals surface area contributed by atoms with Gasteiger partial charge in [0.2, 0.25) is 0 Å². The highest BCUT2D eigenvalue weighted by Gasteiger charge is 2.13. The van der Waals surface area contributed by atoms with Gasteiger partial charge in [0.15, 0.2) is 5.06 Å². The van der Waals surface area contributed by atoms with Gasteiger partial charge in [0, 0.05) is 4.88 Å². The molecule has 0 saturated carbocycles. The van der Waals surface area contributed by atoms with Crippen molar-refractivity contribution in [3.8, 4) is 10.8 Å². The highest BCUT2D eigenvalue weighted by molar-refractivity contribution is 7.17. The van der Waals surface area contributed by atoms with Crippen LogP contribution in [-0.4, -0.2) is 10.9 Å². The molecule has 3 aromatic heterocycles. The Morgan fingerprint density at radius 1 is 1.15 bits per heavy atom. The number of aromatic nitrogens is 1. The Labute approximate surface area is 158 Å². The molecule has 4 aromatic rings. The van der Waals surface area contributed by atoms with Crippen LogP contribution < -0.4 is 15.8 Å². The van der Waals surface area contributed by atoms with Gasteiger partial charge in [-0.05, 0) is 41.8 Å². The minimum absolute atomic E-state index is 0.232. The lowest BCUT2D eigenvalue weighted by molar-refractivity contribution is 0.0952. The first-order valence-corrected chi connectivity index (χ1v) is 9.62. The Kier molecular flexibility index (Phi) is 4.55. The van der Waals surface area contributed by atoms with E-state index in [0.29, 0.717) is 12.1 Å². The van der Waals surface area contributed by atoms with E-state index in [1.54, 1.807) is 6.07 Å². The van der Waals surface area contributed by atoms with Crippen LogP contribution >= 0.6 is 22.7 Å². The molecule has 0 aliphatic carbocycles. The number of para-hydroxylation sites is 1. The number of carbonyl (C=O) groups is 1. The summed E-state index contributed by atoms with van der Waals surface area (Å²) in [5, 5.41) is 5.60. The molecule has 130 valence electrons. The van der Waals surface area contributed by atoms with Crippen LogP contribution in [0.25, 0.3) is 10.2 Å². The van der Waals surface area contributed by atoms with E-state index in [1.807, 2.05) is 53.9 Å². The summed E-state index contributed by atoms with van der Waals surface area (Å²) in [7, 11) is 0. The van der Waals surface area contributed by atoms with Crippen LogP contribution in [0.15, 0.2) is 60.0 Å². The fraction of sp³-hybridized carbons (Fsp3) is 0.0526. The van der Waals surface area contributed by atoms with Gasteiger partial charge < -0.3 is 15.8 Å². The molecule has 0 atom stereocenters. The Morgan fingerprint density at radius 3 is 2.85 bits per heavy atom. The number of rotatable bonds is 5. The molecule has 3 heterocycles. The van der Waals surface area contributed by atoms with Gasteiger partial charge in [-0.15, -0.1) is 22.7 Å². The van der Waals surface area contributed by atoms with Crippen LogP contribution in [0.5, 0.6) is 10.8 Å². The minimum atomic E-state index is -0.232. The largest absolute Gasteiger partial charge is 0.447 e. The molecule has 1 amide bonds. The lowest BCUT2D eigenvalue weighted by atomic mass is 10.2. The number of nitrogens with zero attached hydrogens (tertiary/aromatic N) is 1. The molecule has 0 saturated heterocycles. The van der Waals surface area contributed by atoms with Crippen LogP contribution in [0, 0.1) is 0 Å². The van der Waals surface area contributed by atoms with E-state index < -0.39 is 0 Å². The fourth-order valence-corrected chi connectivity index (χ4v) is 4.04. The van der Waals surface area contributed by atoms with Crippen LogP contribution in [0.1, 0.15) is 15.2 Å². The SMILES string of the molecule is Nc1nc2ccsc2cc1C(=O)NCc1ccc(Oc2ccccc2)s1. The number of pyridine rings is 1. The van der Waals surface area contributed by atoms with Gasteiger partial charge in [0.1, 0.15) is 11.6 Å². The number of benzene rings is 1. The molecule has 7 heteroatoms. The molecule has 3 N–H and O–H groups in total. The number of anilines is 1. The number of ether oxygens (including phenoxy) is 1. The number of fused-ring (bicyclic) bond motifs is 1. The lowest BCUT2D eigenvalue weighted by Gasteiger charge is -2.06. The maximum absolute atomic E-state index is 12.4. The number of nitrogens with two attached hydrogens (primary N) is 1. The van der Waals surface area contributed by atoms with E-state index in [0.717, 1.165) is 25.9 Å². The van der Waals surface area contributed by atoms with Crippen molar-refractivity contribution < 1.29 is 9.53 Å². The second kappa shape index (κ2) is 7.15. The van der Waals surface area contributed by atoms with E-state index in [1.165, 1.54) is 22.7 Å². The Hall–Kier alpha value is -2.90. The van der Waals surface area contributed by atoms with Gasteiger partial charge in [-0.2, -0.15) is 0 Å². The lowest BCUT2D eigenvalue weighted by Crippen LogP contribution is -2.23. The van der Waals surface area contributed by atoms with Crippen molar-refractivity contribution in [2.75, 3.05) is 5.73 Å². The summed E-state index contributed by atoms with van der Waals surface area (Å²) in [5.74, 6) is 0.796. The van der Waals surface area contributed by atoms with Crippen molar-refractivity contribution in [1.82, 2.24) is 10.3 Å². The smallest absolute Gasteiger partial charge is 0.255 e. The normalized spacial score (nSPS) is 10.8. The molecule has 5 nitrogen and oxygen atoms in total. The van der Waals surface area contributed by atoms with Crippen LogP contribution in [-0.2, 0) is 6.54 Å². The topological polar surface area (TPSA) is 77.2 Å². The molecule has 0 bridgehead atoms. The first-order valence-electron chi connectivity index (χ1n) is 7.92. The zero-order valence-electron chi connectivity index (χ0n) is 13.6. The van der Waals surface area contributed by atoms with E-state index >= 15 is 0 Å². The van der Waals surface area contributed by atoms with Crippen molar-refractivity contribution in [1.29, 1.82) is 0 Å². The number of hydrogen-bond acceptors (Lipinski definition) is 6. The number of thiophene rings is 2. The molecule has 0 aliphatic heterocycles. The molecular weight excluding hydrogens is 366 g/mol. The third-order valence-corrected chi connectivity index (χ3v) is 5.55. The van der Waals surface area contributed by atoms with Crippen LogP contribution in [0.3, 0.4) is 0 Å². The standard InChI is InChI=1S/C19H15N3O2S2/c20-18-14(10-16-15(22-18)8-9-25-16)19(23)21-11-13-6-7-17(26-13)24-12-4-2-1-3-5-12/h1-10H,11H2,(H2,20,22)(H,21,23). The Balaban J connectivity index is 1.42. The number of nitrogen functional groups attached to an aromatic ring is 1. The van der Waals surface area contributed by atoms with Gasteiger partial charge >= 0.3 is 0 Å². The van der Waals surface area contributed by atoms with Crippen molar-refractivity contribution in [2.24, 2.45) is 0 Å². The monoisotopic (exact) mass is 381 g/mol. The molecule has 0 spiro atoms. The predicted molar refractivity (Wildman–Crippen MR) is 106 cm³/mol. The third-order valence-electron chi connectivity index (χ3n) is 3.73. The van der Waals surface area contributed by atoms with Crippen LogP contribution in [0.2, 0.25) is 0 Å². The third kappa shape index (κ3) is 3.54. The predicted octanol–water partition coefficient (Wildman–Crippen LogP) is 4.66. The molecular formula is C19H15N3O2S2. The molecule has 1 aromatic carbocycles. The van der Waals surface area contributed by atoms with Gasteiger partial charge in [-0.1, -0.05) is 18.2 Å². The molecule has 0 fully saturated rings. The number of amides is 1. The highest BCUT2D eigenvalue weighted by atomic mass is 32.1. The van der Waals surface area contributed by atoms with Crippen molar-refractivity contribution in [3.63, 3.8) is 0 Å². The molecule has 0 radical (unpaired) electrons. The van der Waals surface area contributed by atoms with E-state index in [4.69, 9.17) is 10.5 Å². The van der Waals surface area contributed by atoms with Crippen molar-refractivity contribution in [2.45, 2.75) is 6.54 Å². The summed E-state index contributed by atoms with van der Waals surface area (Å²) in [5.41, 5.74) is 7.13. The van der Waals surface area contributed by atoms with Gasteiger partial charge in [-0.3, -0.25) is 4.79 Å². The summed E-state index contributed by atoms with van der Waals surface area (Å²) in [6, 6.07) is 17.1. The Morgan fingerprint density at radius 2 is 2.00 bits per heavy atom. The van der Waals surface area contributed by atoms with Gasteiger partial charge in [-0.25, -0.2) is 4.98 Å². The quantitative estimate of drug-likeness (QED) is 0.527. The zero-order chi connectivity index (χ0) is 17.9.